The van der Waals surface area contributed by atoms with Crippen molar-refractivity contribution in [1.82, 2.24) is 4.98 Å². The third-order valence-electron chi connectivity index (χ3n) is 4.66. The molecule has 5 N–H and O–H groups in total. The Kier molecular flexibility index (Phi) is 3.75. The highest BCUT2D eigenvalue weighted by Gasteiger charge is 2.30. The number of amides is 1. The highest BCUT2D eigenvalue weighted by atomic mass is 19.1. The van der Waals surface area contributed by atoms with E-state index in [1.165, 1.54) is 0 Å². The quantitative estimate of drug-likeness (QED) is 0.789. The van der Waals surface area contributed by atoms with E-state index in [1.807, 2.05) is 13.8 Å². The molecule has 3 rings (SSSR count). The maximum atomic E-state index is 14.7. The predicted molar refractivity (Wildman–Crippen MR) is 86.0 cm³/mol. The number of hydrogen-bond donors (Lipinski definition) is 3. The van der Waals surface area contributed by atoms with E-state index in [4.69, 9.17) is 11.5 Å². The molecule has 1 aliphatic heterocycles. The summed E-state index contributed by atoms with van der Waals surface area (Å²) in [6.45, 7) is 4.30. The molecular formula is C16H20F2N4O. The summed E-state index contributed by atoms with van der Waals surface area (Å²) in [6.07, 6.45) is -0.828. The van der Waals surface area contributed by atoms with Crippen LogP contribution < -0.4 is 16.4 Å². The summed E-state index contributed by atoms with van der Waals surface area (Å²) in [6, 6.07) is 0.483. The average molecular weight is 322 g/mol. The summed E-state index contributed by atoms with van der Waals surface area (Å²) in [5.41, 5.74) is 13.8. The third-order valence-corrected chi connectivity index (χ3v) is 4.66. The molecule has 7 heteroatoms. The minimum atomic E-state index is -1.08. The second-order valence-electron chi connectivity index (χ2n) is 6.16. The van der Waals surface area contributed by atoms with Gasteiger partial charge in [0.05, 0.1) is 22.8 Å². The van der Waals surface area contributed by atoms with E-state index < -0.39 is 23.9 Å². The van der Waals surface area contributed by atoms with Gasteiger partial charge in [0, 0.05) is 24.2 Å². The lowest BCUT2D eigenvalue weighted by Gasteiger charge is -2.35. The van der Waals surface area contributed by atoms with Gasteiger partial charge in [-0.1, -0.05) is 0 Å². The molecule has 0 spiro atoms. The van der Waals surface area contributed by atoms with E-state index in [0.717, 1.165) is 17.3 Å². The van der Waals surface area contributed by atoms with Crippen molar-refractivity contribution >= 4 is 22.5 Å². The number of alkyl halides is 1. The van der Waals surface area contributed by atoms with Crippen molar-refractivity contribution in [2.75, 3.05) is 18.0 Å². The molecular weight excluding hydrogens is 302 g/mol. The van der Waals surface area contributed by atoms with Gasteiger partial charge in [-0.15, -0.1) is 0 Å². The van der Waals surface area contributed by atoms with Gasteiger partial charge < -0.3 is 21.4 Å². The van der Waals surface area contributed by atoms with Crippen molar-refractivity contribution in [3.05, 3.63) is 28.7 Å². The summed E-state index contributed by atoms with van der Waals surface area (Å²) in [5, 5.41) is 0.612. The first-order chi connectivity index (χ1) is 10.8. The second kappa shape index (κ2) is 5.49. The van der Waals surface area contributed by atoms with Crippen molar-refractivity contribution in [2.45, 2.75) is 32.5 Å². The Bertz CT molecular complexity index is 786. The number of carbonyl (C=O) groups excluding carboxylic acids is 1. The zero-order chi connectivity index (χ0) is 16.9. The number of nitrogens with one attached hydrogen (secondary N) is 1. The number of rotatable bonds is 2. The van der Waals surface area contributed by atoms with Crippen molar-refractivity contribution in [2.24, 2.45) is 11.5 Å². The third kappa shape index (κ3) is 2.45. The van der Waals surface area contributed by atoms with E-state index >= 15 is 0 Å². The smallest absolute Gasteiger partial charge is 0.250 e. The fraction of sp³-hybridized carbons (Fsp3) is 0.438. The average Bonchev–Trinajstić information content (AvgIpc) is 2.77. The minimum absolute atomic E-state index is 0.113. The Morgan fingerprint density at radius 2 is 2.13 bits per heavy atom. The number of benzene rings is 1. The number of aromatic nitrogens is 1. The number of anilines is 1. The molecule has 1 amide bonds. The summed E-state index contributed by atoms with van der Waals surface area (Å²) >= 11 is 0. The second-order valence-corrected chi connectivity index (χ2v) is 6.16. The number of piperidine rings is 1. The topological polar surface area (TPSA) is 88.1 Å². The number of aryl methyl sites for hydroxylation is 2. The first-order valence-corrected chi connectivity index (χ1v) is 7.57. The van der Waals surface area contributed by atoms with Crippen LogP contribution in [-0.4, -0.2) is 36.2 Å². The van der Waals surface area contributed by atoms with Crippen LogP contribution in [0.4, 0.5) is 14.5 Å². The lowest BCUT2D eigenvalue weighted by Crippen LogP contribution is -2.50. The molecule has 23 heavy (non-hydrogen) atoms. The summed E-state index contributed by atoms with van der Waals surface area (Å²) in [7, 11) is 0. The van der Waals surface area contributed by atoms with Crippen LogP contribution in [0.2, 0.25) is 0 Å². The molecule has 2 atom stereocenters. The molecule has 1 aliphatic rings. The first-order valence-electron chi connectivity index (χ1n) is 7.57. The van der Waals surface area contributed by atoms with Crippen LogP contribution in [0.25, 0.3) is 10.9 Å². The van der Waals surface area contributed by atoms with Gasteiger partial charge in [-0.25, -0.2) is 8.78 Å². The molecule has 0 bridgehead atoms. The Morgan fingerprint density at radius 3 is 2.74 bits per heavy atom. The number of nitrogens with zero attached hydrogens (tertiary/aromatic N) is 1. The van der Waals surface area contributed by atoms with E-state index in [2.05, 4.69) is 4.98 Å². The SMILES string of the molecule is Cc1[nH]c2c(C(N)=O)cc(F)c(N3CC[C@@H](F)[C@@H](N)C3)c2c1C. The van der Waals surface area contributed by atoms with Gasteiger partial charge in [0.1, 0.15) is 12.0 Å². The van der Waals surface area contributed by atoms with Crippen LogP contribution in [0.3, 0.4) is 0 Å². The molecule has 5 nitrogen and oxygen atoms in total. The number of halogens is 2. The molecule has 1 saturated heterocycles. The zero-order valence-corrected chi connectivity index (χ0v) is 13.1. The van der Waals surface area contributed by atoms with Gasteiger partial charge in [-0.2, -0.15) is 0 Å². The normalized spacial score (nSPS) is 21.9. The lowest BCUT2D eigenvalue weighted by atomic mass is 10.00. The highest BCUT2D eigenvalue weighted by Crippen LogP contribution is 2.37. The number of aromatic amines is 1. The Labute approximate surface area is 132 Å². The summed E-state index contributed by atoms with van der Waals surface area (Å²) in [5.74, 6) is -1.24. The van der Waals surface area contributed by atoms with Crippen molar-refractivity contribution < 1.29 is 13.6 Å². The standard InChI is InChI=1S/C16H20F2N4O/c1-7-8(2)21-14-9(16(20)23)5-11(18)15(13(7)14)22-4-3-10(17)12(19)6-22/h5,10,12,21H,3-4,6,19H2,1-2H3,(H2,20,23)/t10-,12+/m1/s1. The van der Waals surface area contributed by atoms with Crippen LogP contribution in [0, 0.1) is 19.7 Å². The molecule has 1 aromatic heterocycles. The lowest BCUT2D eigenvalue weighted by molar-refractivity contribution is 0.100. The largest absolute Gasteiger partial charge is 0.367 e. The molecule has 1 fully saturated rings. The molecule has 0 aliphatic carbocycles. The first kappa shape index (κ1) is 15.7. The molecule has 124 valence electrons. The number of carbonyl (C=O) groups is 1. The number of hydrogen-bond acceptors (Lipinski definition) is 3. The zero-order valence-electron chi connectivity index (χ0n) is 13.1. The van der Waals surface area contributed by atoms with E-state index in [1.54, 1.807) is 4.90 Å². The van der Waals surface area contributed by atoms with Gasteiger partial charge >= 0.3 is 0 Å². The van der Waals surface area contributed by atoms with E-state index in [9.17, 15) is 13.6 Å². The highest BCUT2D eigenvalue weighted by molar-refractivity contribution is 6.10. The summed E-state index contributed by atoms with van der Waals surface area (Å²) < 4.78 is 28.4. The van der Waals surface area contributed by atoms with Gasteiger partial charge in [0.15, 0.2) is 0 Å². The van der Waals surface area contributed by atoms with Gasteiger partial charge in [-0.3, -0.25) is 4.79 Å². The minimum Gasteiger partial charge on any atom is -0.367 e. The van der Waals surface area contributed by atoms with E-state index in [0.29, 0.717) is 23.1 Å². The van der Waals surface area contributed by atoms with Crippen LogP contribution >= 0.6 is 0 Å². The fourth-order valence-electron chi connectivity index (χ4n) is 3.26. The van der Waals surface area contributed by atoms with Gasteiger partial charge in [0.25, 0.3) is 5.91 Å². The maximum absolute atomic E-state index is 14.7. The van der Waals surface area contributed by atoms with Crippen LogP contribution in [0.1, 0.15) is 28.0 Å². The molecule has 0 unspecified atom stereocenters. The molecule has 0 saturated carbocycles. The van der Waals surface area contributed by atoms with Crippen LogP contribution in [0.15, 0.2) is 6.07 Å². The van der Waals surface area contributed by atoms with Crippen molar-refractivity contribution in [3.8, 4) is 0 Å². The molecule has 2 aromatic rings. The fourth-order valence-corrected chi connectivity index (χ4v) is 3.26. The Morgan fingerprint density at radius 1 is 1.43 bits per heavy atom. The number of fused-ring (bicyclic) bond motifs is 1. The number of H-pyrrole nitrogens is 1. The molecule has 0 radical (unpaired) electrons. The van der Waals surface area contributed by atoms with Crippen LogP contribution in [0.5, 0.6) is 0 Å². The van der Waals surface area contributed by atoms with Gasteiger partial charge in [-0.05, 0) is 31.9 Å². The number of nitrogens with two attached hydrogens (primary N) is 2. The Hall–Kier alpha value is -2.15. The van der Waals surface area contributed by atoms with Crippen LogP contribution in [-0.2, 0) is 0 Å². The predicted octanol–water partition coefficient (Wildman–Crippen LogP) is 1.90. The van der Waals surface area contributed by atoms with E-state index in [-0.39, 0.29) is 18.5 Å². The molecule has 2 heterocycles. The van der Waals surface area contributed by atoms with Crippen molar-refractivity contribution in [1.29, 1.82) is 0 Å². The van der Waals surface area contributed by atoms with Crippen molar-refractivity contribution in [3.63, 3.8) is 0 Å². The van der Waals surface area contributed by atoms with Gasteiger partial charge in [0.2, 0.25) is 0 Å². The Balaban J connectivity index is 2.23. The number of primary amides is 1. The maximum Gasteiger partial charge on any atom is 0.250 e. The molecule has 1 aromatic carbocycles. The summed E-state index contributed by atoms with van der Waals surface area (Å²) in [4.78, 5) is 16.5. The monoisotopic (exact) mass is 322 g/mol.